The molecule has 2 unspecified atom stereocenters. The molecule has 4 rings (SSSR count). The standard InChI is InChI=1S/C31H45N6O10PS/c1-6-11-22(38)44-18-30(3,4)28(40)49-15-14-45-48(42,34-16-20-12-9-8-10-13-20)46-17-21-24(39)31(5,41)27(47-21)37-19-33-23-25(37)35-29(32)36-26(23)43-7-2/h8-10,12-13,19,21,24,27,39,41H,6-7,11,14-18H2,1-5H3,(H,34,42)(H2,32,35,36)/t21?,24-,27-,31-,48?/m1/s1. The Bertz CT molecular complexity index is 1620. The SMILES string of the molecule is CCCC(=O)OCC(C)(C)C(=O)SCCOP(=O)(NCc1ccccc1)OCC1O[C@@H](n2cnc3c(OCC)nc(N)nc32)[C@](C)(O)[C@@H]1O. The van der Waals surface area contributed by atoms with Gasteiger partial charge in [-0.25, -0.2) is 14.6 Å². The molecule has 5 atom stereocenters. The number of imidazole rings is 1. The van der Waals surface area contributed by atoms with Crippen LogP contribution >= 0.6 is 19.5 Å². The van der Waals surface area contributed by atoms with Crippen LogP contribution in [0, 0.1) is 5.41 Å². The molecule has 3 heterocycles. The average Bonchev–Trinajstić information content (AvgIpc) is 3.58. The molecule has 16 nitrogen and oxygen atoms in total. The van der Waals surface area contributed by atoms with Gasteiger partial charge in [0, 0.05) is 18.7 Å². The summed E-state index contributed by atoms with van der Waals surface area (Å²) in [5, 5.41) is 25.1. The highest BCUT2D eigenvalue weighted by atomic mass is 32.2. The Morgan fingerprint density at radius 3 is 2.63 bits per heavy atom. The number of carbonyl (C=O) groups is 2. The number of fused-ring (bicyclic) bond motifs is 1. The lowest BCUT2D eigenvalue weighted by Gasteiger charge is -2.27. The molecule has 0 aliphatic carbocycles. The van der Waals surface area contributed by atoms with E-state index in [9.17, 15) is 24.4 Å². The summed E-state index contributed by atoms with van der Waals surface area (Å²) in [5.74, 6) is -0.163. The van der Waals surface area contributed by atoms with Crippen LogP contribution in [0.25, 0.3) is 11.2 Å². The van der Waals surface area contributed by atoms with Crippen LogP contribution in [-0.4, -0.2) is 90.8 Å². The van der Waals surface area contributed by atoms with Crippen molar-refractivity contribution in [2.24, 2.45) is 5.41 Å². The molecule has 0 saturated carbocycles. The third-order valence-electron chi connectivity index (χ3n) is 7.60. The van der Waals surface area contributed by atoms with Crippen molar-refractivity contribution < 1.29 is 47.6 Å². The maximum Gasteiger partial charge on any atom is 0.405 e. The molecule has 0 spiro atoms. The number of anilines is 1. The molecule has 1 aromatic carbocycles. The first-order valence-electron chi connectivity index (χ1n) is 15.9. The summed E-state index contributed by atoms with van der Waals surface area (Å²) < 4.78 is 43.6. The summed E-state index contributed by atoms with van der Waals surface area (Å²) in [5.41, 5.74) is 4.37. The van der Waals surface area contributed by atoms with E-state index in [0.717, 1.165) is 17.3 Å². The van der Waals surface area contributed by atoms with E-state index in [4.69, 9.17) is 29.0 Å². The second-order valence-corrected chi connectivity index (χ2v) is 15.1. The minimum absolute atomic E-state index is 0.0594. The van der Waals surface area contributed by atoms with Crippen molar-refractivity contribution in [1.29, 1.82) is 0 Å². The molecular weight excluding hydrogens is 679 g/mol. The van der Waals surface area contributed by atoms with E-state index >= 15 is 0 Å². The molecule has 0 amide bonds. The number of hydrogen-bond acceptors (Lipinski definition) is 15. The molecule has 0 bridgehead atoms. The zero-order chi connectivity index (χ0) is 35.8. The molecule has 3 aromatic rings. The van der Waals surface area contributed by atoms with Gasteiger partial charge in [0.1, 0.15) is 24.4 Å². The fraction of sp³-hybridized carbons (Fsp3) is 0.581. The third-order valence-corrected chi connectivity index (χ3v) is 10.3. The maximum atomic E-state index is 13.9. The van der Waals surface area contributed by atoms with Crippen molar-refractivity contribution in [2.45, 2.75) is 78.0 Å². The Morgan fingerprint density at radius 1 is 1.20 bits per heavy atom. The summed E-state index contributed by atoms with van der Waals surface area (Å²) in [6.45, 7) is 8.17. The van der Waals surface area contributed by atoms with Crippen LogP contribution in [0.4, 0.5) is 5.95 Å². The van der Waals surface area contributed by atoms with Gasteiger partial charge >= 0.3 is 13.7 Å². The maximum absolute atomic E-state index is 13.9. The van der Waals surface area contributed by atoms with Crippen molar-refractivity contribution in [2.75, 3.05) is 37.9 Å². The number of nitrogens with zero attached hydrogens (tertiary/aromatic N) is 4. The number of ether oxygens (including phenoxy) is 3. The van der Waals surface area contributed by atoms with Crippen molar-refractivity contribution in [3.05, 3.63) is 42.2 Å². The zero-order valence-corrected chi connectivity index (χ0v) is 29.9. The van der Waals surface area contributed by atoms with Gasteiger partial charge in [-0.15, -0.1) is 0 Å². The van der Waals surface area contributed by atoms with Gasteiger partial charge in [-0.05, 0) is 39.7 Å². The lowest BCUT2D eigenvalue weighted by molar-refractivity contribution is -0.147. The van der Waals surface area contributed by atoms with Gasteiger partial charge < -0.3 is 30.2 Å². The van der Waals surface area contributed by atoms with Gasteiger partial charge in [-0.2, -0.15) is 9.97 Å². The smallest absolute Gasteiger partial charge is 0.405 e. The van der Waals surface area contributed by atoms with Crippen LogP contribution in [0.3, 0.4) is 0 Å². The van der Waals surface area contributed by atoms with Gasteiger partial charge in [0.2, 0.25) is 11.8 Å². The quantitative estimate of drug-likeness (QED) is 0.0839. The summed E-state index contributed by atoms with van der Waals surface area (Å²) in [4.78, 5) is 37.2. The predicted molar refractivity (Wildman–Crippen MR) is 181 cm³/mol. The Labute approximate surface area is 289 Å². The molecule has 5 N–H and O–H groups in total. The number of nitrogens with one attached hydrogen (secondary N) is 1. The number of benzene rings is 1. The number of aromatic nitrogens is 4. The summed E-state index contributed by atoms with van der Waals surface area (Å²) in [6.07, 6.45) is -1.57. The molecular formula is C31H45N6O10PS. The van der Waals surface area contributed by atoms with Crippen LogP contribution in [0.5, 0.6) is 5.88 Å². The minimum Gasteiger partial charge on any atom is -0.476 e. The highest BCUT2D eigenvalue weighted by Gasteiger charge is 2.54. The largest absolute Gasteiger partial charge is 0.476 e. The normalized spacial score (nSPS) is 22.2. The Balaban J connectivity index is 1.42. The van der Waals surface area contributed by atoms with Crippen LogP contribution in [0.1, 0.15) is 59.3 Å². The van der Waals surface area contributed by atoms with Gasteiger partial charge in [0.05, 0.1) is 31.6 Å². The van der Waals surface area contributed by atoms with E-state index in [1.54, 1.807) is 20.8 Å². The third kappa shape index (κ3) is 9.76. The Hall–Kier alpha value is -3.15. The Morgan fingerprint density at radius 2 is 1.94 bits per heavy atom. The van der Waals surface area contributed by atoms with Crippen LogP contribution < -0.4 is 15.6 Å². The first-order chi connectivity index (χ1) is 23.2. The fourth-order valence-electron chi connectivity index (χ4n) is 4.86. The molecule has 1 fully saturated rings. The fourth-order valence-corrected chi connectivity index (χ4v) is 7.09. The molecule has 270 valence electrons. The molecule has 18 heteroatoms. The molecule has 0 radical (unpaired) electrons. The monoisotopic (exact) mass is 724 g/mol. The topological polar surface area (TPSA) is 219 Å². The second-order valence-electron chi connectivity index (χ2n) is 12.2. The van der Waals surface area contributed by atoms with E-state index in [1.165, 1.54) is 17.8 Å². The number of rotatable bonds is 18. The molecule has 49 heavy (non-hydrogen) atoms. The summed E-state index contributed by atoms with van der Waals surface area (Å²) in [6, 6.07) is 9.16. The number of nitrogens with two attached hydrogens (primary N) is 1. The highest BCUT2D eigenvalue weighted by Crippen LogP contribution is 2.47. The van der Waals surface area contributed by atoms with Crippen molar-refractivity contribution >= 4 is 47.7 Å². The second kappa shape index (κ2) is 16.7. The van der Waals surface area contributed by atoms with Crippen molar-refractivity contribution in [1.82, 2.24) is 24.6 Å². The first-order valence-corrected chi connectivity index (χ1v) is 18.4. The van der Waals surface area contributed by atoms with E-state index in [0.29, 0.717) is 13.0 Å². The number of carbonyl (C=O) groups excluding carboxylic acids is 2. The number of aliphatic hydroxyl groups excluding tert-OH is 1. The predicted octanol–water partition coefficient (Wildman–Crippen LogP) is 3.38. The zero-order valence-electron chi connectivity index (χ0n) is 28.2. The highest BCUT2D eigenvalue weighted by molar-refractivity contribution is 8.13. The lowest BCUT2D eigenvalue weighted by Crippen LogP contribution is -2.44. The number of nitrogen functional groups attached to an aromatic ring is 1. The molecule has 1 aliphatic rings. The molecule has 1 aliphatic heterocycles. The number of hydrogen-bond donors (Lipinski definition) is 4. The summed E-state index contributed by atoms with van der Waals surface area (Å²) >= 11 is 0.957. The van der Waals surface area contributed by atoms with E-state index in [2.05, 4.69) is 20.0 Å². The van der Waals surface area contributed by atoms with Crippen molar-refractivity contribution in [3.63, 3.8) is 0 Å². The lowest BCUT2D eigenvalue weighted by atomic mass is 9.96. The van der Waals surface area contributed by atoms with Gasteiger partial charge in [0.15, 0.2) is 22.5 Å². The number of thioether (sulfide) groups is 1. The number of esters is 1. The first kappa shape index (κ1) is 38.6. The van der Waals surface area contributed by atoms with Crippen LogP contribution in [0.15, 0.2) is 36.7 Å². The molecule has 2 aromatic heterocycles. The van der Waals surface area contributed by atoms with E-state index in [-0.39, 0.29) is 66.0 Å². The van der Waals surface area contributed by atoms with Gasteiger partial charge in [-0.3, -0.25) is 23.2 Å². The number of aliphatic hydroxyl groups is 2. The van der Waals surface area contributed by atoms with E-state index < -0.39 is 43.8 Å². The van der Waals surface area contributed by atoms with Gasteiger partial charge in [-0.1, -0.05) is 49.0 Å². The minimum atomic E-state index is -4.07. The van der Waals surface area contributed by atoms with Crippen LogP contribution in [-0.2, 0) is 39.2 Å². The van der Waals surface area contributed by atoms with Crippen molar-refractivity contribution in [3.8, 4) is 5.88 Å². The van der Waals surface area contributed by atoms with Gasteiger partial charge in [0.25, 0.3) is 0 Å². The molecule has 1 saturated heterocycles. The average molecular weight is 725 g/mol. The van der Waals surface area contributed by atoms with E-state index in [1.807, 2.05) is 37.3 Å². The Kier molecular flexibility index (Phi) is 13.2. The summed E-state index contributed by atoms with van der Waals surface area (Å²) in [7, 11) is -4.07. The van der Waals surface area contributed by atoms with Crippen LogP contribution in [0.2, 0.25) is 0 Å².